The quantitative estimate of drug-likeness (QED) is 0.369. The van der Waals surface area contributed by atoms with Crippen LogP contribution >= 0.6 is 0 Å². The lowest BCUT2D eigenvalue weighted by atomic mass is 9.97. The van der Waals surface area contributed by atoms with Crippen LogP contribution < -0.4 is 20.3 Å². The Bertz CT molecular complexity index is 1690. The van der Waals surface area contributed by atoms with Crippen molar-refractivity contribution in [2.24, 2.45) is 0 Å². The smallest absolute Gasteiger partial charge is 0.245 e. The summed E-state index contributed by atoms with van der Waals surface area (Å²) in [7, 11) is 0. The number of carbonyl (C=O) groups excluding carboxylic acids is 2. The minimum absolute atomic E-state index is 0.145. The number of hydrogen-bond donors (Lipinski definition) is 2. The van der Waals surface area contributed by atoms with E-state index in [1.165, 1.54) is 16.9 Å². The van der Waals surface area contributed by atoms with Crippen molar-refractivity contribution < 1.29 is 23.5 Å². The van der Waals surface area contributed by atoms with Crippen LogP contribution in [-0.2, 0) is 14.3 Å². The number of carbonyl (C=O) groups is 2. The SMILES string of the molecule is C[C@H]1CC(Oc2ccc(-c3ncnc(Nc4ccc(N5CCN(C6COC6)CC5)cc4)n3)cc2C#N)[C@H](F)CN1C(=O)C1CCC(=O)N1. The van der Waals surface area contributed by atoms with E-state index in [1.807, 2.05) is 19.1 Å². The molecule has 4 aliphatic rings. The van der Waals surface area contributed by atoms with Crippen molar-refractivity contribution in [2.45, 2.75) is 56.6 Å². The van der Waals surface area contributed by atoms with Crippen LogP contribution in [0.2, 0.25) is 0 Å². The molecule has 2 aromatic carbocycles. The summed E-state index contributed by atoms with van der Waals surface area (Å²) in [4.78, 5) is 44.0. The summed E-state index contributed by atoms with van der Waals surface area (Å²) in [5.41, 5.74) is 2.79. The number of alkyl halides is 1. The number of piperazine rings is 1. The molecule has 4 aliphatic heterocycles. The number of benzene rings is 2. The minimum Gasteiger partial charge on any atom is -0.486 e. The van der Waals surface area contributed by atoms with Crippen LogP contribution in [0.15, 0.2) is 48.8 Å². The second-order valence-corrected chi connectivity index (χ2v) is 12.7. The molecule has 0 spiro atoms. The summed E-state index contributed by atoms with van der Waals surface area (Å²) in [5.74, 6) is 0.526. The van der Waals surface area contributed by atoms with Crippen LogP contribution in [0.1, 0.15) is 31.7 Å². The van der Waals surface area contributed by atoms with E-state index < -0.39 is 18.3 Å². The van der Waals surface area contributed by atoms with Gasteiger partial charge >= 0.3 is 0 Å². The third-order valence-electron chi connectivity index (χ3n) is 9.60. The van der Waals surface area contributed by atoms with Crippen molar-refractivity contribution in [2.75, 3.05) is 56.2 Å². The van der Waals surface area contributed by atoms with Gasteiger partial charge in [0.1, 0.15) is 30.3 Å². The maximum absolute atomic E-state index is 15.3. The molecular weight excluding hydrogens is 617 g/mol. The van der Waals surface area contributed by atoms with E-state index in [9.17, 15) is 14.9 Å². The van der Waals surface area contributed by atoms with E-state index in [4.69, 9.17) is 9.47 Å². The number of nitrogens with zero attached hydrogens (tertiary/aromatic N) is 7. The molecule has 48 heavy (non-hydrogen) atoms. The van der Waals surface area contributed by atoms with Crippen LogP contribution in [0.25, 0.3) is 11.4 Å². The van der Waals surface area contributed by atoms with Crippen molar-refractivity contribution in [1.29, 1.82) is 5.26 Å². The Balaban J connectivity index is 0.969. The Labute approximate surface area is 278 Å². The average molecular weight is 656 g/mol. The van der Waals surface area contributed by atoms with Crippen molar-refractivity contribution in [3.05, 3.63) is 54.4 Å². The molecule has 5 heterocycles. The second kappa shape index (κ2) is 13.7. The number of nitriles is 1. The number of rotatable bonds is 8. The van der Waals surface area contributed by atoms with Gasteiger partial charge in [-0.05, 0) is 55.8 Å². The van der Waals surface area contributed by atoms with Crippen molar-refractivity contribution in [3.63, 3.8) is 0 Å². The van der Waals surface area contributed by atoms with Crippen molar-refractivity contribution >= 4 is 29.1 Å². The summed E-state index contributed by atoms with van der Waals surface area (Å²) < 4.78 is 26.7. The molecule has 0 saturated carbocycles. The van der Waals surface area contributed by atoms with E-state index in [1.54, 1.807) is 18.2 Å². The first-order chi connectivity index (χ1) is 23.3. The third-order valence-corrected chi connectivity index (χ3v) is 9.60. The average Bonchev–Trinajstić information content (AvgIpc) is 3.52. The second-order valence-electron chi connectivity index (χ2n) is 12.7. The standard InChI is InChI=1S/C34H38FN9O4/c1-21-14-30(27(35)17-44(21)33(46)28-7-9-31(45)40-28)48-29-8-2-22(15-23(29)16-36)32-37-20-38-34(41-32)39-24-3-5-25(6-4-24)42-10-12-43(13-11-42)26-18-47-19-26/h2-6,8,15,20-21,26-28,30H,7,9-14,17-19H2,1H3,(H,40,45)(H,37,38,39,41)/t21-,27+,28?,30?/m0/s1. The molecule has 13 nitrogen and oxygen atoms in total. The van der Waals surface area contributed by atoms with Crippen LogP contribution in [0, 0.1) is 11.3 Å². The number of amides is 2. The molecule has 2 unspecified atom stereocenters. The molecule has 250 valence electrons. The largest absolute Gasteiger partial charge is 0.486 e. The van der Waals surface area contributed by atoms with Gasteiger partial charge in [-0.3, -0.25) is 14.5 Å². The number of anilines is 3. The number of likely N-dealkylation sites (tertiary alicyclic amines) is 1. The number of ether oxygens (including phenoxy) is 2. The van der Waals surface area contributed by atoms with E-state index in [0.29, 0.717) is 36.2 Å². The van der Waals surface area contributed by atoms with Gasteiger partial charge in [-0.15, -0.1) is 0 Å². The zero-order valence-electron chi connectivity index (χ0n) is 26.7. The summed E-state index contributed by atoms with van der Waals surface area (Å²) in [6.45, 7) is 7.39. The number of hydrogen-bond acceptors (Lipinski definition) is 11. The highest BCUT2D eigenvalue weighted by molar-refractivity contribution is 5.91. The van der Waals surface area contributed by atoms with Crippen LogP contribution in [0.3, 0.4) is 0 Å². The molecule has 3 aromatic rings. The normalized spacial score (nSPS) is 24.8. The Morgan fingerprint density at radius 2 is 1.92 bits per heavy atom. The van der Waals surface area contributed by atoms with Gasteiger partial charge in [0.05, 0.1) is 31.4 Å². The molecule has 4 atom stereocenters. The predicted octanol–water partition coefficient (Wildman–Crippen LogP) is 2.66. The number of nitrogens with one attached hydrogen (secondary N) is 2. The lowest BCUT2D eigenvalue weighted by molar-refractivity contribution is -0.141. The van der Waals surface area contributed by atoms with Gasteiger partial charge in [0.15, 0.2) is 12.0 Å². The van der Waals surface area contributed by atoms with Crippen LogP contribution in [-0.4, -0.2) is 113 Å². The maximum atomic E-state index is 15.3. The molecule has 0 radical (unpaired) electrons. The van der Waals surface area contributed by atoms with Gasteiger partial charge in [-0.25, -0.2) is 14.4 Å². The Morgan fingerprint density at radius 1 is 1.12 bits per heavy atom. The Hall–Kier alpha value is -4.87. The van der Waals surface area contributed by atoms with Gasteiger partial charge in [0.25, 0.3) is 0 Å². The first-order valence-electron chi connectivity index (χ1n) is 16.4. The summed E-state index contributed by atoms with van der Waals surface area (Å²) >= 11 is 0. The molecule has 4 fully saturated rings. The van der Waals surface area contributed by atoms with E-state index in [-0.39, 0.29) is 42.1 Å². The fourth-order valence-electron chi connectivity index (χ4n) is 6.71. The third kappa shape index (κ3) is 6.74. The molecule has 2 amide bonds. The van der Waals surface area contributed by atoms with Gasteiger partial charge in [-0.2, -0.15) is 10.2 Å². The Kier molecular flexibility index (Phi) is 9.05. The van der Waals surface area contributed by atoms with E-state index >= 15 is 4.39 Å². The summed E-state index contributed by atoms with van der Waals surface area (Å²) in [6.07, 6.45) is 0.0584. The first kappa shape index (κ1) is 31.7. The van der Waals surface area contributed by atoms with Gasteiger partial charge in [-0.1, -0.05) is 0 Å². The van der Waals surface area contributed by atoms with Crippen LogP contribution in [0.4, 0.5) is 21.7 Å². The predicted molar refractivity (Wildman–Crippen MR) is 174 cm³/mol. The zero-order chi connectivity index (χ0) is 33.2. The summed E-state index contributed by atoms with van der Waals surface area (Å²) in [6, 6.07) is 14.9. The van der Waals surface area contributed by atoms with Gasteiger partial charge in [0.2, 0.25) is 17.8 Å². The highest BCUT2D eigenvalue weighted by Gasteiger charge is 2.41. The highest BCUT2D eigenvalue weighted by atomic mass is 19.1. The van der Waals surface area contributed by atoms with E-state index in [0.717, 1.165) is 45.1 Å². The van der Waals surface area contributed by atoms with Crippen LogP contribution in [0.5, 0.6) is 5.75 Å². The number of aromatic nitrogens is 3. The molecular formula is C34H38FN9O4. The Morgan fingerprint density at radius 3 is 2.60 bits per heavy atom. The van der Waals surface area contributed by atoms with Gasteiger partial charge < -0.3 is 29.9 Å². The molecule has 2 N–H and O–H groups in total. The molecule has 1 aromatic heterocycles. The van der Waals surface area contributed by atoms with Gasteiger partial charge in [0, 0.05) is 62.0 Å². The lowest BCUT2D eigenvalue weighted by Crippen LogP contribution is -2.57. The van der Waals surface area contributed by atoms with Crippen molar-refractivity contribution in [1.82, 2.24) is 30.1 Å². The molecule has 14 heteroatoms. The topological polar surface area (TPSA) is 149 Å². The number of halogens is 1. The zero-order valence-corrected chi connectivity index (χ0v) is 26.7. The summed E-state index contributed by atoms with van der Waals surface area (Å²) in [5, 5.41) is 15.8. The molecule has 7 rings (SSSR count). The van der Waals surface area contributed by atoms with E-state index in [2.05, 4.69) is 53.6 Å². The fraction of sp³-hybridized carbons (Fsp3) is 0.471. The highest BCUT2D eigenvalue weighted by Crippen LogP contribution is 2.31. The minimum atomic E-state index is -1.46. The van der Waals surface area contributed by atoms with Crippen molar-refractivity contribution in [3.8, 4) is 23.2 Å². The monoisotopic (exact) mass is 655 g/mol. The molecule has 4 saturated heterocycles. The first-order valence-corrected chi connectivity index (χ1v) is 16.4. The molecule has 0 bridgehead atoms. The lowest BCUT2D eigenvalue weighted by Gasteiger charge is -2.43. The maximum Gasteiger partial charge on any atom is 0.245 e. The fourth-order valence-corrected chi connectivity index (χ4v) is 6.71. The number of piperidine rings is 1. The molecule has 0 aliphatic carbocycles.